The van der Waals surface area contributed by atoms with Crippen LogP contribution in [-0.2, 0) is 0 Å². The SMILES string of the molecule is CC(C)c1cc(F)cc(-c2ccc(C#N)cc2N)c1. The number of nitriles is 1. The van der Waals surface area contributed by atoms with Crippen LogP contribution < -0.4 is 5.73 Å². The van der Waals surface area contributed by atoms with Crippen LogP contribution in [-0.4, -0.2) is 0 Å². The summed E-state index contributed by atoms with van der Waals surface area (Å²) in [5, 5.41) is 8.82. The molecule has 2 aromatic carbocycles. The molecule has 2 rings (SSSR count). The van der Waals surface area contributed by atoms with E-state index in [9.17, 15) is 4.39 Å². The molecule has 0 spiro atoms. The van der Waals surface area contributed by atoms with E-state index in [0.29, 0.717) is 11.3 Å². The molecule has 0 unspecified atom stereocenters. The Morgan fingerprint density at radius 1 is 1.16 bits per heavy atom. The maximum absolute atomic E-state index is 13.7. The highest BCUT2D eigenvalue weighted by Crippen LogP contribution is 2.30. The van der Waals surface area contributed by atoms with Crippen LogP contribution in [0.15, 0.2) is 36.4 Å². The molecule has 0 saturated carbocycles. The monoisotopic (exact) mass is 254 g/mol. The number of nitrogens with two attached hydrogens (primary N) is 1. The maximum Gasteiger partial charge on any atom is 0.124 e. The molecule has 0 aliphatic rings. The summed E-state index contributed by atoms with van der Waals surface area (Å²) >= 11 is 0. The molecule has 0 aromatic heterocycles. The van der Waals surface area contributed by atoms with Gasteiger partial charge in [-0.2, -0.15) is 5.26 Å². The van der Waals surface area contributed by atoms with Gasteiger partial charge < -0.3 is 5.73 Å². The zero-order chi connectivity index (χ0) is 14.0. The lowest BCUT2D eigenvalue weighted by molar-refractivity contribution is 0.624. The van der Waals surface area contributed by atoms with Crippen molar-refractivity contribution in [3.05, 3.63) is 53.3 Å². The van der Waals surface area contributed by atoms with Gasteiger partial charge >= 0.3 is 0 Å². The van der Waals surface area contributed by atoms with E-state index in [4.69, 9.17) is 11.0 Å². The molecule has 2 nitrogen and oxygen atoms in total. The number of anilines is 1. The van der Waals surface area contributed by atoms with Gasteiger partial charge in [-0.1, -0.05) is 26.0 Å². The Kier molecular flexibility index (Phi) is 3.52. The zero-order valence-electron chi connectivity index (χ0n) is 10.9. The van der Waals surface area contributed by atoms with Gasteiger partial charge in [0.1, 0.15) is 5.82 Å². The quantitative estimate of drug-likeness (QED) is 0.821. The summed E-state index contributed by atoms with van der Waals surface area (Å²) in [6.07, 6.45) is 0. The van der Waals surface area contributed by atoms with E-state index in [1.807, 2.05) is 26.0 Å². The molecule has 19 heavy (non-hydrogen) atoms. The fraction of sp³-hybridized carbons (Fsp3) is 0.188. The van der Waals surface area contributed by atoms with Crippen molar-refractivity contribution in [1.29, 1.82) is 5.26 Å². The summed E-state index contributed by atoms with van der Waals surface area (Å²) in [6.45, 7) is 4.03. The molecule has 0 atom stereocenters. The van der Waals surface area contributed by atoms with Crippen LogP contribution in [0.4, 0.5) is 10.1 Å². The molecule has 0 bridgehead atoms. The second-order valence-electron chi connectivity index (χ2n) is 4.84. The minimum absolute atomic E-state index is 0.244. The van der Waals surface area contributed by atoms with E-state index in [-0.39, 0.29) is 11.7 Å². The highest BCUT2D eigenvalue weighted by Gasteiger charge is 2.09. The Bertz CT molecular complexity index is 654. The molecule has 0 aliphatic heterocycles. The van der Waals surface area contributed by atoms with Crippen molar-refractivity contribution in [2.24, 2.45) is 0 Å². The largest absolute Gasteiger partial charge is 0.398 e. The second-order valence-corrected chi connectivity index (χ2v) is 4.84. The van der Waals surface area contributed by atoms with Crippen LogP contribution in [0.5, 0.6) is 0 Å². The van der Waals surface area contributed by atoms with Crippen LogP contribution >= 0.6 is 0 Å². The van der Waals surface area contributed by atoms with Gasteiger partial charge in [-0.25, -0.2) is 4.39 Å². The Balaban J connectivity index is 2.56. The van der Waals surface area contributed by atoms with Crippen molar-refractivity contribution >= 4 is 5.69 Å². The smallest absolute Gasteiger partial charge is 0.124 e. The zero-order valence-corrected chi connectivity index (χ0v) is 10.9. The Hall–Kier alpha value is -2.34. The standard InChI is InChI=1S/C16H15FN2/c1-10(2)12-6-13(8-14(17)7-12)15-4-3-11(9-18)5-16(15)19/h3-8,10H,19H2,1-2H3. The second kappa shape index (κ2) is 5.11. The highest BCUT2D eigenvalue weighted by atomic mass is 19.1. The minimum atomic E-state index is -0.273. The summed E-state index contributed by atoms with van der Waals surface area (Å²) in [6, 6.07) is 12.0. The van der Waals surface area contributed by atoms with Gasteiger partial charge in [-0.15, -0.1) is 0 Å². The molecule has 0 radical (unpaired) electrons. The lowest BCUT2D eigenvalue weighted by atomic mass is 9.96. The van der Waals surface area contributed by atoms with Crippen LogP contribution in [0, 0.1) is 17.1 Å². The third kappa shape index (κ3) is 2.74. The summed E-state index contributed by atoms with van der Waals surface area (Å²) in [7, 11) is 0. The van der Waals surface area contributed by atoms with Gasteiger partial charge in [0.25, 0.3) is 0 Å². The summed E-state index contributed by atoms with van der Waals surface area (Å²) in [5.41, 5.74) is 9.34. The Morgan fingerprint density at radius 2 is 1.89 bits per heavy atom. The number of hydrogen-bond acceptors (Lipinski definition) is 2. The highest BCUT2D eigenvalue weighted by molar-refractivity contribution is 5.77. The van der Waals surface area contributed by atoms with E-state index < -0.39 is 0 Å². The average molecular weight is 254 g/mol. The van der Waals surface area contributed by atoms with Gasteiger partial charge in [0.05, 0.1) is 11.6 Å². The van der Waals surface area contributed by atoms with E-state index in [2.05, 4.69) is 0 Å². The van der Waals surface area contributed by atoms with Crippen molar-refractivity contribution < 1.29 is 4.39 Å². The van der Waals surface area contributed by atoms with E-state index in [0.717, 1.165) is 16.7 Å². The molecule has 2 aromatic rings. The fourth-order valence-electron chi connectivity index (χ4n) is 2.00. The fourth-order valence-corrected chi connectivity index (χ4v) is 2.00. The Morgan fingerprint density at radius 3 is 2.47 bits per heavy atom. The van der Waals surface area contributed by atoms with E-state index in [1.165, 1.54) is 12.1 Å². The average Bonchev–Trinajstić information content (AvgIpc) is 2.37. The van der Waals surface area contributed by atoms with Gasteiger partial charge in [-0.3, -0.25) is 0 Å². The molecule has 2 N–H and O–H groups in total. The van der Waals surface area contributed by atoms with Crippen molar-refractivity contribution in [3.63, 3.8) is 0 Å². The number of benzene rings is 2. The van der Waals surface area contributed by atoms with Crippen LogP contribution in [0.1, 0.15) is 30.9 Å². The summed E-state index contributed by atoms with van der Waals surface area (Å²) in [5.74, 6) is -0.0287. The Labute approximate surface area is 112 Å². The number of nitrogens with zero attached hydrogens (tertiary/aromatic N) is 1. The predicted molar refractivity (Wildman–Crippen MR) is 75.1 cm³/mol. The lowest BCUT2D eigenvalue weighted by Gasteiger charge is -2.11. The number of hydrogen-bond donors (Lipinski definition) is 1. The predicted octanol–water partition coefficient (Wildman–Crippen LogP) is 4.07. The van der Waals surface area contributed by atoms with E-state index in [1.54, 1.807) is 18.2 Å². The van der Waals surface area contributed by atoms with Gasteiger partial charge in [0.2, 0.25) is 0 Å². The van der Waals surface area contributed by atoms with E-state index >= 15 is 0 Å². The number of halogens is 1. The molecular formula is C16H15FN2. The van der Waals surface area contributed by atoms with Crippen LogP contribution in [0.2, 0.25) is 0 Å². The normalized spacial score (nSPS) is 10.5. The lowest BCUT2D eigenvalue weighted by Crippen LogP contribution is -1.94. The van der Waals surface area contributed by atoms with Gasteiger partial charge in [0.15, 0.2) is 0 Å². The maximum atomic E-state index is 13.7. The molecule has 0 fully saturated rings. The van der Waals surface area contributed by atoms with Gasteiger partial charge in [-0.05, 0) is 41.3 Å². The summed E-state index contributed by atoms with van der Waals surface area (Å²) < 4.78 is 13.7. The minimum Gasteiger partial charge on any atom is -0.398 e. The first-order valence-corrected chi connectivity index (χ1v) is 6.11. The van der Waals surface area contributed by atoms with Crippen molar-refractivity contribution in [3.8, 4) is 17.2 Å². The van der Waals surface area contributed by atoms with Crippen LogP contribution in [0.3, 0.4) is 0 Å². The molecule has 3 heteroatoms. The molecule has 96 valence electrons. The van der Waals surface area contributed by atoms with Crippen LogP contribution in [0.25, 0.3) is 11.1 Å². The topological polar surface area (TPSA) is 49.8 Å². The molecule has 0 amide bonds. The molecule has 0 aliphatic carbocycles. The molecular weight excluding hydrogens is 239 g/mol. The number of rotatable bonds is 2. The third-order valence-corrected chi connectivity index (χ3v) is 3.08. The molecule has 0 heterocycles. The first-order chi connectivity index (χ1) is 9.01. The number of nitrogen functional groups attached to an aromatic ring is 1. The van der Waals surface area contributed by atoms with Crippen molar-refractivity contribution in [2.45, 2.75) is 19.8 Å². The van der Waals surface area contributed by atoms with Crippen molar-refractivity contribution in [2.75, 3.05) is 5.73 Å². The first kappa shape index (κ1) is 13.1. The van der Waals surface area contributed by atoms with Crippen molar-refractivity contribution in [1.82, 2.24) is 0 Å². The summed E-state index contributed by atoms with van der Waals surface area (Å²) in [4.78, 5) is 0. The first-order valence-electron chi connectivity index (χ1n) is 6.11. The van der Waals surface area contributed by atoms with Gasteiger partial charge in [0, 0.05) is 11.3 Å². The third-order valence-electron chi connectivity index (χ3n) is 3.08. The molecule has 0 saturated heterocycles.